The third kappa shape index (κ3) is 5.46. The number of aromatic carboxylic acids is 1. The van der Waals surface area contributed by atoms with E-state index in [0.717, 1.165) is 11.0 Å². The Morgan fingerprint density at radius 1 is 0.900 bits per heavy atom. The number of methoxy groups -OCH3 is 2. The van der Waals surface area contributed by atoms with E-state index in [2.05, 4.69) is 15.4 Å². The summed E-state index contributed by atoms with van der Waals surface area (Å²) in [7, 11) is 2.48. The lowest BCUT2D eigenvalue weighted by Gasteiger charge is -2.16. The number of amides is 3. The molecule has 3 N–H and O–H groups in total. The monoisotopic (exact) mass is 583 g/mol. The number of hydrogen-bond donors (Lipinski definition) is 3. The minimum Gasteiger partial charge on any atom is -0.496 e. The summed E-state index contributed by atoms with van der Waals surface area (Å²) in [6.45, 7) is 0. The molecule has 0 saturated carbocycles. The molecule has 1 aliphatic rings. The number of hydrogen-bond acceptors (Lipinski definition) is 8. The van der Waals surface area contributed by atoms with Gasteiger partial charge in [0.1, 0.15) is 22.0 Å². The van der Waals surface area contributed by atoms with Gasteiger partial charge in [0.15, 0.2) is 0 Å². The van der Waals surface area contributed by atoms with Crippen LogP contribution in [0.25, 0.3) is 0 Å². The summed E-state index contributed by atoms with van der Waals surface area (Å²) in [4.78, 5) is 63.0. The first-order valence-corrected chi connectivity index (χ1v) is 12.1. The summed E-state index contributed by atoms with van der Waals surface area (Å²) >= 11 is 12.4. The second-order valence-corrected chi connectivity index (χ2v) is 8.96. The number of anilines is 3. The molecule has 3 aromatic rings. The van der Waals surface area contributed by atoms with Gasteiger partial charge in [-0.15, -0.1) is 0 Å². The van der Waals surface area contributed by atoms with Crippen LogP contribution in [0.4, 0.5) is 17.1 Å². The number of carboxylic acid groups (broad SMARTS) is 1. The second-order valence-electron chi connectivity index (χ2n) is 8.17. The van der Waals surface area contributed by atoms with Crippen molar-refractivity contribution in [2.75, 3.05) is 29.8 Å². The van der Waals surface area contributed by atoms with Crippen LogP contribution in [0, 0.1) is 0 Å². The number of rotatable bonds is 8. The van der Waals surface area contributed by atoms with Crippen LogP contribution in [0.3, 0.4) is 0 Å². The van der Waals surface area contributed by atoms with Crippen LogP contribution in [-0.2, 0) is 14.3 Å². The van der Waals surface area contributed by atoms with Crippen LogP contribution in [0.15, 0.2) is 71.4 Å². The molecule has 1 aliphatic heterocycles. The van der Waals surface area contributed by atoms with Gasteiger partial charge in [0.05, 0.1) is 36.2 Å². The summed E-state index contributed by atoms with van der Waals surface area (Å²) in [5, 5.41) is 14.2. The van der Waals surface area contributed by atoms with E-state index in [-0.39, 0.29) is 55.3 Å². The van der Waals surface area contributed by atoms with E-state index in [1.165, 1.54) is 62.8 Å². The summed E-state index contributed by atoms with van der Waals surface area (Å²) in [5.41, 5.74) is 0.345. The topological polar surface area (TPSA) is 151 Å². The molecule has 13 heteroatoms. The molecule has 0 saturated heterocycles. The second kappa shape index (κ2) is 11.5. The van der Waals surface area contributed by atoms with Crippen LogP contribution in [0.2, 0.25) is 5.02 Å². The molecular formula is C27H19Cl2N3O8. The molecule has 0 fully saturated rings. The molecule has 0 radical (unpaired) electrons. The van der Waals surface area contributed by atoms with Crippen LogP contribution in [0.5, 0.6) is 5.75 Å². The maximum atomic E-state index is 13.2. The molecule has 0 bridgehead atoms. The van der Waals surface area contributed by atoms with Gasteiger partial charge in [-0.1, -0.05) is 35.3 Å². The van der Waals surface area contributed by atoms with Crippen LogP contribution >= 0.6 is 23.2 Å². The Labute approximate surface area is 236 Å². The molecular weight excluding hydrogens is 565 g/mol. The van der Waals surface area contributed by atoms with E-state index in [0.29, 0.717) is 0 Å². The minimum absolute atomic E-state index is 0.00436. The lowest BCUT2D eigenvalue weighted by Crippen LogP contribution is -2.32. The normalized spacial score (nSPS) is 12.8. The lowest BCUT2D eigenvalue weighted by molar-refractivity contribution is -0.120. The number of carbonyl (C=O) groups is 5. The van der Waals surface area contributed by atoms with Gasteiger partial charge in [-0.2, -0.15) is 0 Å². The molecule has 4 rings (SSSR count). The van der Waals surface area contributed by atoms with Crippen LogP contribution in [-0.4, -0.2) is 49.0 Å². The Morgan fingerprint density at radius 2 is 1.60 bits per heavy atom. The number of carboxylic acids is 1. The minimum atomic E-state index is -1.25. The Balaban J connectivity index is 1.55. The number of nitrogens with one attached hydrogen (secondary N) is 2. The summed E-state index contributed by atoms with van der Waals surface area (Å²) in [6.07, 6.45) is 0. The van der Waals surface area contributed by atoms with Crippen molar-refractivity contribution < 1.29 is 38.6 Å². The average Bonchev–Trinajstić information content (AvgIpc) is 3.16. The number of halogens is 2. The molecule has 0 aliphatic carbocycles. The van der Waals surface area contributed by atoms with Crippen LogP contribution < -0.4 is 20.3 Å². The van der Waals surface area contributed by atoms with Gasteiger partial charge in [0.25, 0.3) is 17.7 Å². The number of nitrogens with zero attached hydrogens (tertiary/aromatic N) is 1. The Kier molecular flexibility index (Phi) is 8.08. The molecule has 0 unspecified atom stereocenters. The number of carbonyl (C=O) groups excluding carboxylic acids is 4. The highest BCUT2D eigenvalue weighted by Crippen LogP contribution is 2.33. The maximum absolute atomic E-state index is 13.2. The van der Waals surface area contributed by atoms with Gasteiger partial charge in [-0.05, 0) is 42.5 Å². The van der Waals surface area contributed by atoms with E-state index in [1.807, 2.05) is 0 Å². The first-order valence-electron chi connectivity index (χ1n) is 11.3. The largest absolute Gasteiger partial charge is 0.496 e. The van der Waals surface area contributed by atoms with Crippen molar-refractivity contribution in [2.45, 2.75) is 0 Å². The molecule has 204 valence electrons. The smallest absolute Gasteiger partial charge is 0.339 e. The van der Waals surface area contributed by atoms with Gasteiger partial charge < -0.3 is 25.2 Å². The third-order valence-electron chi connectivity index (χ3n) is 5.71. The highest BCUT2D eigenvalue weighted by atomic mass is 35.5. The molecule has 3 aromatic carbocycles. The van der Waals surface area contributed by atoms with Crippen molar-refractivity contribution in [3.05, 3.63) is 93.1 Å². The number of ether oxygens (including phenoxy) is 2. The first kappa shape index (κ1) is 28.1. The quantitative estimate of drug-likeness (QED) is 0.256. The Morgan fingerprint density at radius 3 is 2.27 bits per heavy atom. The molecule has 0 spiro atoms. The molecule has 11 nitrogen and oxygen atoms in total. The van der Waals surface area contributed by atoms with Crippen LogP contribution in [0.1, 0.15) is 31.1 Å². The predicted octanol–water partition coefficient (Wildman–Crippen LogP) is 4.52. The van der Waals surface area contributed by atoms with Gasteiger partial charge in [-0.3, -0.25) is 14.4 Å². The fraction of sp³-hybridized carbons (Fsp3) is 0.0741. The summed E-state index contributed by atoms with van der Waals surface area (Å²) in [5.74, 6) is -4.09. The molecule has 0 atom stereocenters. The Hall–Kier alpha value is -4.87. The van der Waals surface area contributed by atoms with Crippen molar-refractivity contribution >= 4 is 69.9 Å². The SMILES string of the molecule is COC(=O)c1cccc(N2C(=O)C(Cl)=C(Nc3cccc(C(=O)Nc4cc(OC)c(C(=O)O)cc4Cl)c3)C2=O)c1. The fourth-order valence-corrected chi connectivity index (χ4v) is 4.22. The third-order valence-corrected chi connectivity index (χ3v) is 6.38. The van der Waals surface area contributed by atoms with Crippen molar-refractivity contribution in [1.29, 1.82) is 0 Å². The van der Waals surface area contributed by atoms with E-state index in [9.17, 15) is 29.1 Å². The zero-order chi connectivity index (χ0) is 29.1. The molecule has 3 amide bonds. The highest BCUT2D eigenvalue weighted by molar-refractivity contribution is 6.53. The lowest BCUT2D eigenvalue weighted by atomic mass is 10.1. The van der Waals surface area contributed by atoms with E-state index in [4.69, 9.17) is 27.9 Å². The zero-order valence-electron chi connectivity index (χ0n) is 20.8. The maximum Gasteiger partial charge on any atom is 0.339 e. The number of benzene rings is 3. The summed E-state index contributed by atoms with van der Waals surface area (Å²) < 4.78 is 9.76. The van der Waals surface area contributed by atoms with Gasteiger partial charge in [0, 0.05) is 17.3 Å². The summed E-state index contributed by atoms with van der Waals surface area (Å²) in [6, 6.07) is 14.1. The number of imide groups is 1. The fourth-order valence-electron chi connectivity index (χ4n) is 3.80. The van der Waals surface area contributed by atoms with E-state index < -0.39 is 29.7 Å². The van der Waals surface area contributed by atoms with Crippen molar-refractivity contribution in [1.82, 2.24) is 0 Å². The van der Waals surface area contributed by atoms with Gasteiger partial charge in [-0.25, -0.2) is 14.5 Å². The predicted molar refractivity (Wildman–Crippen MR) is 146 cm³/mol. The number of esters is 1. The van der Waals surface area contributed by atoms with Gasteiger partial charge in [0.2, 0.25) is 0 Å². The van der Waals surface area contributed by atoms with Crippen molar-refractivity contribution in [3.8, 4) is 5.75 Å². The zero-order valence-corrected chi connectivity index (χ0v) is 22.3. The highest BCUT2D eigenvalue weighted by Gasteiger charge is 2.39. The molecule has 40 heavy (non-hydrogen) atoms. The average molecular weight is 584 g/mol. The molecule has 0 aromatic heterocycles. The van der Waals surface area contributed by atoms with E-state index in [1.54, 1.807) is 6.07 Å². The van der Waals surface area contributed by atoms with Crippen molar-refractivity contribution in [2.24, 2.45) is 0 Å². The molecule has 1 heterocycles. The standard InChI is InChI=1S/C27H19Cl2N3O8/c1-39-20-12-19(18(28)11-17(20)26(36)37)31-23(33)13-5-3-7-15(9-13)30-22-21(29)24(34)32(25(22)35)16-8-4-6-14(10-16)27(38)40-2/h3-12,30H,1-2H3,(H,31,33)(H,36,37). The van der Waals surface area contributed by atoms with Crippen molar-refractivity contribution in [3.63, 3.8) is 0 Å². The van der Waals surface area contributed by atoms with E-state index >= 15 is 0 Å². The first-order chi connectivity index (χ1) is 19.0. The van der Waals surface area contributed by atoms with Gasteiger partial charge >= 0.3 is 11.9 Å². The Bertz CT molecular complexity index is 1620.